The van der Waals surface area contributed by atoms with Crippen molar-refractivity contribution >= 4 is 17.5 Å². The van der Waals surface area contributed by atoms with E-state index in [9.17, 15) is 14.0 Å². The number of anilines is 1. The van der Waals surface area contributed by atoms with E-state index in [1.165, 1.54) is 11.6 Å². The lowest BCUT2D eigenvalue weighted by Gasteiger charge is -2.36. The average Bonchev–Trinajstić information content (AvgIpc) is 2.72. The maximum absolute atomic E-state index is 13.9. The minimum Gasteiger partial charge on any atom is -0.366 e. The number of benzene rings is 2. The summed E-state index contributed by atoms with van der Waals surface area (Å²) in [5.41, 5.74) is 1.80. The van der Waals surface area contributed by atoms with Gasteiger partial charge in [-0.1, -0.05) is 42.5 Å². The van der Waals surface area contributed by atoms with Crippen molar-refractivity contribution in [1.82, 2.24) is 10.2 Å². The number of para-hydroxylation sites is 1. The quantitative estimate of drug-likeness (QED) is 0.591. The summed E-state index contributed by atoms with van der Waals surface area (Å²) in [5, 5.41) is 2.82. The smallest absolute Gasteiger partial charge is 0.232 e. The number of nitrogens with one attached hydrogen (secondary N) is 1. The molecule has 2 aromatic rings. The number of carbonyl (C=O) groups excluding carboxylic acids is 2. The van der Waals surface area contributed by atoms with E-state index in [2.05, 4.69) is 17.4 Å². The van der Waals surface area contributed by atoms with Gasteiger partial charge in [0.1, 0.15) is 12.2 Å². The molecule has 0 bridgehead atoms. The van der Waals surface area contributed by atoms with Crippen LogP contribution in [0.2, 0.25) is 0 Å². The van der Waals surface area contributed by atoms with Gasteiger partial charge < -0.3 is 15.1 Å². The van der Waals surface area contributed by atoms with Gasteiger partial charge in [0.25, 0.3) is 0 Å². The molecule has 1 aliphatic rings. The predicted octanol–water partition coefficient (Wildman–Crippen LogP) is 2.61. The normalized spacial score (nSPS) is 14.0. The summed E-state index contributed by atoms with van der Waals surface area (Å²) in [5.74, 6) is -0.666. The lowest BCUT2D eigenvalue weighted by Crippen LogP contribution is -2.49. The Morgan fingerprint density at radius 1 is 0.929 bits per heavy atom. The van der Waals surface area contributed by atoms with Gasteiger partial charge in [0.2, 0.25) is 11.8 Å². The number of hydrogen-bond acceptors (Lipinski definition) is 3. The second-order valence-electron chi connectivity index (χ2n) is 6.94. The highest BCUT2D eigenvalue weighted by Crippen LogP contribution is 2.20. The molecule has 3 rings (SSSR count). The lowest BCUT2D eigenvalue weighted by molar-refractivity contribution is -0.136. The molecule has 2 aromatic carbocycles. The van der Waals surface area contributed by atoms with Gasteiger partial charge in [-0.25, -0.2) is 4.39 Å². The highest BCUT2D eigenvalue weighted by molar-refractivity contribution is 5.96. The van der Waals surface area contributed by atoms with E-state index < -0.39 is 0 Å². The van der Waals surface area contributed by atoms with Gasteiger partial charge in [-0.3, -0.25) is 9.59 Å². The predicted molar refractivity (Wildman–Crippen MR) is 108 cm³/mol. The van der Waals surface area contributed by atoms with Crippen LogP contribution in [0.5, 0.6) is 0 Å². The first-order valence-corrected chi connectivity index (χ1v) is 9.71. The van der Waals surface area contributed by atoms with Crippen LogP contribution in [0.15, 0.2) is 54.6 Å². The van der Waals surface area contributed by atoms with Gasteiger partial charge in [-0.05, 0) is 30.5 Å². The lowest BCUT2D eigenvalue weighted by atomic mass is 10.1. The second-order valence-corrected chi connectivity index (χ2v) is 6.94. The summed E-state index contributed by atoms with van der Waals surface area (Å²) in [6, 6.07) is 16.8. The van der Waals surface area contributed by atoms with Crippen LogP contribution in [0.4, 0.5) is 10.1 Å². The molecule has 1 saturated heterocycles. The Kier molecular flexibility index (Phi) is 7.00. The van der Waals surface area contributed by atoms with Crippen LogP contribution in [0, 0.1) is 5.82 Å². The zero-order chi connectivity index (χ0) is 19.8. The molecule has 1 N–H and O–H groups in total. The van der Waals surface area contributed by atoms with Crippen molar-refractivity contribution in [3.63, 3.8) is 0 Å². The number of aryl methyl sites for hydroxylation is 1. The number of piperazine rings is 1. The Balaban J connectivity index is 1.36. The van der Waals surface area contributed by atoms with Gasteiger partial charge >= 0.3 is 0 Å². The molecule has 1 aliphatic heterocycles. The van der Waals surface area contributed by atoms with Crippen molar-refractivity contribution in [3.8, 4) is 0 Å². The van der Waals surface area contributed by atoms with Crippen molar-refractivity contribution in [3.05, 3.63) is 66.0 Å². The van der Waals surface area contributed by atoms with Crippen molar-refractivity contribution in [1.29, 1.82) is 0 Å². The fourth-order valence-electron chi connectivity index (χ4n) is 3.38. The van der Waals surface area contributed by atoms with Crippen LogP contribution in [0.25, 0.3) is 0 Å². The summed E-state index contributed by atoms with van der Waals surface area (Å²) in [7, 11) is 0. The Labute approximate surface area is 165 Å². The van der Waals surface area contributed by atoms with Crippen molar-refractivity contribution < 1.29 is 14.0 Å². The zero-order valence-corrected chi connectivity index (χ0v) is 15.9. The highest BCUT2D eigenvalue weighted by atomic mass is 19.1. The Morgan fingerprint density at radius 2 is 1.61 bits per heavy atom. The first-order chi connectivity index (χ1) is 13.6. The Morgan fingerprint density at radius 3 is 2.32 bits per heavy atom. The Hall–Kier alpha value is -2.89. The van der Waals surface area contributed by atoms with E-state index in [-0.39, 0.29) is 24.1 Å². The first-order valence-electron chi connectivity index (χ1n) is 9.71. The standard InChI is InChI=1S/C22H26FN3O2/c23-19-10-4-5-11-20(19)25-13-15-26(16-14-25)22(28)17-21(27)24-12-6-9-18-7-2-1-3-8-18/h1-5,7-8,10-11H,6,9,12-17H2,(H,24,27). The molecular weight excluding hydrogens is 357 g/mol. The van der Waals surface area contributed by atoms with Crippen LogP contribution in [0.3, 0.4) is 0 Å². The third-order valence-corrected chi connectivity index (χ3v) is 4.94. The largest absolute Gasteiger partial charge is 0.366 e. The SMILES string of the molecule is O=C(CC(=O)N1CCN(c2ccccc2F)CC1)NCCCc1ccccc1. The highest BCUT2D eigenvalue weighted by Gasteiger charge is 2.23. The van der Waals surface area contributed by atoms with E-state index in [1.807, 2.05) is 23.1 Å². The van der Waals surface area contributed by atoms with Gasteiger partial charge in [0.15, 0.2) is 0 Å². The maximum Gasteiger partial charge on any atom is 0.232 e. The maximum atomic E-state index is 13.9. The van der Waals surface area contributed by atoms with Crippen LogP contribution >= 0.6 is 0 Å². The topological polar surface area (TPSA) is 52.7 Å². The molecule has 1 heterocycles. The van der Waals surface area contributed by atoms with E-state index in [0.29, 0.717) is 38.4 Å². The molecular formula is C22H26FN3O2. The van der Waals surface area contributed by atoms with Crippen LogP contribution < -0.4 is 10.2 Å². The molecule has 148 valence electrons. The number of halogens is 1. The number of carbonyl (C=O) groups is 2. The average molecular weight is 383 g/mol. The van der Waals surface area contributed by atoms with Crippen LogP contribution in [-0.2, 0) is 16.0 Å². The molecule has 0 saturated carbocycles. The molecule has 0 atom stereocenters. The molecule has 0 spiro atoms. The van der Waals surface area contributed by atoms with Gasteiger partial charge in [-0.2, -0.15) is 0 Å². The van der Waals surface area contributed by atoms with Gasteiger partial charge in [0, 0.05) is 32.7 Å². The van der Waals surface area contributed by atoms with Crippen molar-refractivity contribution in [2.24, 2.45) is 0 Å². The molecule has 0 unspecified atom stereocenters. The third-order valence-electron chi connectivity index (χ3n) is 4.94. The van der Waals surface area contributed by atoms with E-state index in [4.69, 9.17) is 0 Å². The zero-order valence-electron chi connectivity index (χ0n) is 15.9. The third kappa shape index (κ3) is 5.55. The molecule has 0 radical (unpaired) electrons. The fourth-order valence-corrected chi connectivity index (χ4v) is 3.38. The minimum atomic E-state index is -0.253. The Bertz CT molecular complexity index is 789. The summed E-state index contributed by atoms with van der Waals surface area (Å²) in [4.78, 5) is 28.0. The fraction of sp³-hybridized carbons (Fsp3) is 0.364. The molecule has 0 aliphatic carbocycles. The van der Waals surface area contributed by atoms with Crippen molar-refractivity contribution in [2.45, 2.75) is 19.3 Å². The second kappa shape index (κ2) is 9.88. The first kappa shape index (κ1) is 19.9. The van der Waals surface area contributed by atoms with Crippen LogP contribution in [-0.4, -0.2) is 49.4 Å². The van der Waals surface area contributed by atoms with E-state index >= 15 is 0 Å². The summed E-state index contributed by atoms with van der Waals surface area (Å²) in [6.07, 6.45) is 1.60. The molecule has 0 aromatic heterocycles. The summed E-state index contributed by atoms with van der Waals surface area (Å²) < 4.78 is 13.9. The monoisotopic (exact) mass is 383 g/mol. The van der Waals surface area contributed by atoms with Gasteiger partial charge in [-0.15, -0.1) is 0 Å². The number of amides is 2. The molecule has 2 amide bonds. The molecule has 28 heavy (non-hydrogen) atoms. The van der Waals surface area contributed by atoms with E-state index in [0.717, 1.165) is 12.8 Å². The molecule has 1 fully saturated rings. The number of nitrogens with zero attached hydrogens (tertiary/aromatic N) is 2. The number of rotatable bonds is 7. The van der Waals surface area contributed by atoms with E-state index in [1.54, 1.807) is 23.1 Å². The van der Waals surface area contributed by atoms with Crippen LogP contribution in [0.1, 0.15) is 18.4 Å². The molecule has 6 heteroatoms. The van der Waals surface area contributed by atoms with Gasteiger partial charge in [0.05, 0.1) is 5.69 Å². The number of hydrogen-bond donors (Lipinski definition) is 1. The van der Waals surface area contributed by atoms with Crippen molar-refractivity contribution in [2.75, 3.05) is 37.6 Å². The summed E-state index contributed by atoms with van der Waals surface area (Å²) in [6.45, 7) is 2.67. The minimum absolute atomic E-state index is 0.134. The summed E-state index contributed by atoms with van der Waals surface area (Å²) >= 11 is 0. The molecule has 5 nitrogen and oxygen atoms in total.